The summed E-state index contributed by atoms with van der Waals surface area (Å²) in [4.78, 5) is 37.0. The molecule has 1 saturated carbocycles. The second-order valence-electron chi connectivity index (χ2n) is 9.09. The normalized spacial score (nSPS) is 31.5. The van der Waals surface area contributed by atoms with Gasteiger partial charge in [0.15, 0.2) is 5.78 Å². The zero-order chi connectivity index (χ0) is 21.3. The van der Waals surface area contributed by atoms with Crippen molar-refractivity contribution in [3.63, 3.8) is 0 Å². The number of carbonyl (C=O) groups is 3. The number of piperidine rings is 1. The number of halogens is 1. The number of Topliss-reactive ketones (excluding diaryl/α,β-unsaturated/α-hetero) is 1. The Kier molecular flexibility index (Phi) is 6.75. The molecular formula is C25H30INO3. The number of unbranched alkanes of at least 4 members (excludes halogenated alkanes) is 1. The number of carbonyl (C=O) groups excluding carboxylic acids is 3. The van der Waals surface area contributed by atoms with Crippen molar-refractivity contribution in [2.45, 2.75) is 58.3 Å². The summed E-state index contributed by atoms with van der Waals surface area (Å²) in [6, 6.07) is 0. The molecule has 3 aliphatic carbocycles. The molecule has 0 aromatic rings. The van der Waals surface area contributed by atoms with Gasteiger partial charge in [-0.3, -0.25) is 19.7 Å². The van der Waals surface area contributed by atoms with Gasteiger partial charge >= 0.3 is 0 Å². The second-order valence-corrected chi connectivity index (χ2v) is 10.2. The van der Waals surface area contributed by atoms with Crippen LogP contribution in [-0.2, 0) is 14.4 Å². The van der Waals surface area contributed by atoms with Crippen molar-refractivity contribution in [2.24, 2.45) is 23.7 Å². The summed E-state index contributed by atoms with van der Waals surface area (Å²) < 4.78 is 1.23. The maximum absolute atomic E-state index is 13.1. The smallest absolute Gasteiger partial charge is 0.230 e. The Labute approximate surface area is 192 Å². The Bertz CT molecular complexity index is 879. The molecule has 4 unspecified atom stereocenters. The van der Waals surface area contributed by atoms with Crippen molar-refractivity contribution < 1.29 is 14.4 Å². The molecule has 0 bridgehead atoms. The van der Waals surface area contributed by atoms with Crippen LogP contribution < -0.4 is 5.32 Å². The Morgan fingerprint density at radius 2 is 1.77 bits per heavy atom. The van der Waals surface area contributed by atoms with Crippen LogP contribution in [0.4, 0.5) is 0 Å². The van der Waals surface area contributed by atoms with E-state index in [4.69, 9.17) is 0 Å². The molecule has 4 atom stereocenters. The summed E-state index contributed by atoms with van der Waals surface area (Å²) in [5.41, 5.74) is 5.17. The lowest BCUT2D eigenvalue weighted by atomic mass is 9.75. The first-order valence-electron chi connectivity index (χ1n) is 11.2. The van der Waals surface area contributed by atoms with Gasteiger partial charge in [-0.15, -0.1) is 0 Å². The summed E-state index contributed by atoms with van der Waals surface area (Å²) in [5.74, 6) is -0.732. The van der Waals surface area contributed by atoms with E-state index in [2.05, 4.69) is 53.1 Å². The molecule has 4 nitrogen and oxygen atoms in total. The molecule has 0 aromatic heterocycles. The number of ketones is 1. The van der Waals surface area contributed by atoms with Gasteiger partial charge in [0.1, 0.15) is 0 Å². The molecule has 30 heavy (non-hydrogen) atoms. The number of amides is 2. The van der Waals surface area contributed by atoms with Crippen molar-refractivity contribution in [1.29, 1.82) is 0 Å². The van der Waals surface area contributed by atoms with Crippen LogP contribution in [0.2, 0.25) is 0 Å². The molecule has 2 fully saturated rings. The number of imide groups is 1. The van der Waals surface area contributed by atoms with Crippen molar-refractivity contribution in [2.75, 3.05) is 4.43 Å². The van der Waals surface area contributed by atoms with E-state index in [0.29, 0.717) is 12.8 Å². The van der Waals surface area contributed by atoms with Crippen molar-refractivity contribution in [3.8, 4) is 0 Å². The number of hydrogen-bond acceptors (Lipinski definition) is 3. The van der Waals surface area contributed by atoms with Gasteiger partial charge in [0.2, 0.25) is 11.8 Å². The molecule has 5 heteroatoms. The fraction of sp³-hybridized carbons (Fsp3) is 0.560. The molecule has 1 saturated heterocycles. The maximum Gasteiger partial charge on any atom is 0.230 e. The van der Waals surface area contributed by atoms with Gasteiger partial charge in [0.25, 0.3) is 0 Å². The molecule has 0 spiro atoms. The van der Waals surface area contributed by atoms with E-state index < -0.39 is 0 Å². The highest BCUT2D eigenvalue weighted by atomic mass is 127. The van der Waals surface area contributed by atoms with Gasteiger partial charge in [-0.2, -0.15) is 0 Å². The van der Waals surface area contributed by atoms with Crippen LogP contribution in [0.15, 0.2) is 46.6 Å². The number of hydrogen-bond donors (Lipinski definition) is 1. The first-order valence-corrected chi connectivity index (χ1v) is 12.8. The molecule has 1 heterocycles. The summed E-state index contributed by atoms with van der Waals surface area (Å²) >= 11 is 2.44. The van der Waals surface area contributed by atoms with Crippen molar-refractivity contribution in [1.82, 2.24) is 5.32 Å². The Morgan fingerprint density at radius 3 is 2.47 bits per heavy atom. The lowest BCUT2D eigenvalue weighted by Gasteiger charge is -2.29. The SMILES string of the molecule is CC1C2CC(C3=CC=C(CCCCI)CC3)=CC=C2C(=O)C1C1CCC(=O)NC1=O. The summed E-state index contributed by atoms with van der Waals surface area (Å²) in [6.07, 6.45) is 16.4. The van der Waals surface area contributed by atoms with Gasteiger partial charge in [-0.25, -0.2) is 0 Å². The lowest BCUT2D eigenvalue weighted by molar-refractivity contribution is -0.141. The molecule has 1 N–H and O–H groups in total. The lowest BCUT2D eigenvalue weighted by Crippen LogP contribution is -2.45. The van der Waals surface area contributed by atoms with Crippen LogP contribution in [0.5, 0.6) is 0 Å². The van der Waals surface area contributed by atoms with Gasteiger partial charge < -0.3 is 0 Å². The molecule has 4 aliphatic rings. The molecule has 0 radical (unpaired) electrons. The highest BCUT2D eigenvalue weighted by molar-refractivity contribution is 14.1. The average Bonchev–Trinajstić information content (AvgIpc) is 2.99. The highest BCUT2D eigenvalue weighted by Crippen LogP contribution is 2.49. The number of nitrogens with one attached hydrogen (secondary N) is 1. The van der Waals surface area contributed by atoms with E-state index in [9.17, 15) is 14.4 Å². The van der Waals surface area contributed by atoms with Gasteiger partial charge in [0.05, 0.1) is 0 Å². The number of fused-ring (bicyclic) bond motifs is 1. The molecule has 160 valence electrons. The minimum absolute atomic E-state index is 0.118. The van der Waals surface area contributed by atoms with Crippen LogP contribution in [0.25, 0.3) is 0 Å². The highest BCUT2D eigenvalue weighted by Gasteiger charge is 2.50. The van der Waals surface area contributed by atoms with E-state index in [1.54, 1.807) is 5.57 Å². The third kappa shape index (κ3) is 4.27. The molecule has 4 rings (SSSR count). The first-order chi connectivity index (χ1) is 14.5. The zero-order valence-corrected chi connectivity index (χ0v) is 19.7. The average molecular weight is 519 g/mol. The molecule has 2 amide bonds. The van der Waals surface area contributed by atoms with Crippen LogP contribution in [0.3, 0.4) is 0 Å². The fourth-order valence-electron chi connectivity index (χ4n) is 5.59. The van der Waals surface area contributed by atoms with Gasteiger partial charge in [0, 0.05) is 18.3 Å². The molecule has 1 aliphatic heterocycles. The van der Waals surface area contributed by atoms with E-state index in [1.165, 1.54) is 34.8 Å². The maximum atomic E-state index is 13.1. The predicted octanol–water partition coefficient (Wildman–Crippen LogP) is 5.00. The van der Waals surface area contributed by atoms with E-state index >= 15 is 0 Å². The van der Waals surface area contributed by atoms with E-state index in [-0.39, 0.29) is 41.3 Å². The predicted molar refractivity (Wildman–Crippen MR) is 126 cm³/mol. The topological polar surface area (TPSA) is 63.2 Å². The molecular weight excluding hydrogens is 489 g/mol. The van der Waals surface area contributed by atoms with Crippen LogP contribution in [-0.4, -0.2) is 22.0 Å². The minimum Gasteiger partial charge on any atom is -0.296 e. The zero-order valence-electron chi connectivity index (χ0n) is 17.6. The largest absolute Gasteiger partial charge is 0.296 e. The van der Waals surface area contributed by atoms with Crippen molar-refractivity contribution >= 4 is 40.2 Å². The fourth-order valence-corrected chi connectivity index (χ4v) is 6.13. The van der Waals surface area contributed by atoms with E-state index in [0.717, 1.165) is 24.8 Å². The van der Waals surface area contributed by atoms with Gasteiger partial charge in [-0.05, 0) is 77.9 Å². The standard InChI is InChI=1S/C25H30INO3/c1-15-21-14-18(17-7-5-16(6-8-17)4-2-3-13-26)9-10-19(21)24(29)23(15)20-11-12-22(28)27-25(20)30/h5,7,9-10,15,20-21,23H,2-4,6,8,11-14H2,1H3,(H,27,28,30). The van der Waals surface area contributed by atoms with E-state index in [1.807, 2.05) is 6.08 Å². The van der Waals surface area contributed by atoms with Crippen LogP contribution in [0.1, 0.15) is 58.3 Å². The summed E-state index contributed by atoms with van der Waals surface area (Å²) in [7, 11) is 0. The second kappa shape index (κ2) is 9.33. The number of allylic oxidation sites excluding steroid dienone is 8. The number of rotatable bonds is 6. The van der Waals surface area contributed by atoms with Crippen molar-refractivity contribution in [3.05, 3.63) is 46.6 Å². The third-order valence-corrected chi connectivity index (χ3v) is 8.10. The molecule has 0 aromatic carbocycles. The number of alkyl halides is 1. The van der Waals surface area contributed by atoms with Gasteiger partial charge in [-0.1, -0.05) is 59.4 Å². The monoisotopic (exact) mass is 519 g/mol. The summed E-state index contributed by atoms with van der Waals surface area (Å²) in [6.45, 7) is 2.11. The Morgan fingerprint density at radius 1 is 0.967 bits per heavy atom. The minimum atomic E-state index is -0.373. The Hall–Kier alpha value is -1.50. The third-order valence-electron chi connectivity index (χ3n) is 7.34. The van der Waals surface area contributed by atoms with Crippen LogP contribution in [0, 0.1) is 23.7 Å². The Balaban J connectivity index is 1.46. The quantitative estimate of drug-likeness (QED) is 0.233. The van der Waals surface area contributed by atoms with Crippen LogP contribution >= 0.6 is 22.6 Å². The summed E-state index contributed by atoms with van der Waals surface area (Å²) in [5, 5.41) is 2.43. The first kappa shape index (κ1) is 21.7.